The summed E-state index contributed by atoms with van der Waals surface area (Å²) >= 11 is 3.22. The fourth-order valence-corrected chi connectivity index (χ4v) is 2.35. The average Bonchev–Trinajstić information content (AvgIpc) is 2.47. The Labute approximate surface area is 131 Å². The van der Waals surface area contributed by atoms with Crippen molar-refractivity contribution >= 4 is 21.9 Å². The fourth-order valence-electron chi connectivity index (χ4n) is 2.01. The number of carbonyl (C=O) groups excluding carboxylic acids is 1. The summed E-state index contributed by atoms with van der Waals surface area (Å²) in [5, 5.41) is 0. The lowest BCUT2D eigenvalue weighted by Gasteiger charge is -2.09. The van der Waals surface area contributed by atoms with Crippen LogP contribution in [-0.2, 0) is 11.2 Å². The molecule has 0 saturated heterocycles. The molecule has 0 aliphatic carbocycles. The van der Waals surface area contributed by atoms with Gasteiger partial charge in [-0.05, 0) is 43.7 Å². The van der Waals surface area contributed by atoms with Crippen LogP contribution in [0.2, 0.25) is 0 Å². The molecule has 2 aromatic rings. The molecule has 0 atom stereocenters. The van der Waals surface area contributed by atoms with Gasteiger partial charge < -0.3 is 4.74 Å². The Balaban J connectivity index is 2.45. The van der Waals surface area contributed by atoms with Crippen LogP contribution in [0.4, 0.5) is 4.39 Å². The van der Waals surface area contributed by atoms with E-state index >= 15 is 0 Å². The molecule has 0 radical (unpaired) electrons. The van der Waals surface area contributed by atoms with Crippen LogP contribution in [0.3, 0.4) is 0 Å². The second kappa shape index (κ2) is 6.80. The van der Waals surface area contributed by atoms with Crippen molar-refractivity contribution in [1.29, 1.82) is 0 Å². The van der Waals surface area contributed by atoms with Gasteiger partial charge in [-0.15, -0.1) is 0 Å². The smallest absolute Gasteiger partial charge is 0.339 e. The molecule has 0 aliphatic heterocycles. The first-order valence-corrected chi connectivity index (χ1v) is 7.48. The van der Waals surface area contributed by atoms with Crippen molar-refractivity contribution in [3.8, 4) is 11.3 Å². The minimum atomic E-state index is -0.398. The molecule has 0 unspecified atom stereocenters. The highest BCUT2D eigenvalue weighted by atomic mass is 79.9. The van der Waals surface area contributed by atoms with E-state index in [9.17, 15) is 9.18 Å². The van der Waals surface area contributed by atoms with E-state index in [0.29, 0.717) is 40.0 Å². The van der Waals surface area contributed by atoms with Gasteiger partial charge in [-0.2, -0.15) is 0 Å². The monoisotopic (exact) mass is 351 g/mol. The van der Waals surface area contributed by atoms with Crippen LogP contribution in [-0.4, -0.2) is 17.6 Å². The Morgan fingerprint density at radius 3 is 2.67 bits per heavy atom. The second-order valence-corrected chi connectivity index (χ2v) is 5.30. The Bertz CT molecular complexity index is 673. The third-order valence-electron chi connectivity index (χ3n) is 3.01. The average molecular weight is 352 g/mol. The van der Waals surface area contributed by atoms with Gasteiger partial charge >= 0.3 is 5.97 Å². The highest BCUT2D eigenvalue weighted by Gasteiger charge is 2.15. The molecule has 5 heteroatoms. The molecule has 0 spiro atoms. The Morgan fingerprint density at radius 1 is 1.29 bits per heavy atom. The van der Waals surface area contributed by atoms with Crippen LogP contribution >= 0.6 is 15.9 Å². The summed E-state index contributed by atoms with van der Waals surface area (Å²) in [6.07, 6.45) is 0.570. The molecule has 1 heterocycles. The largest absolute Gasteiger partial charge is 0.462 e. The SMILES string of the molecule is CCOC(=O)c1ccc(-c2ccc(Br)cc2F)nc1CC. The third kappa shape index (κ3) is 3.47. The number of pyridine rings is 1. The third-order valence-corrected chi connectivity index (χ3v) is 3.50. The zero-order chi connectivity index (χ0) is 15.4. The standard InChI is InChI=1S/C16H15BrFNO2/c1-3-14-12(16(20)21-4-2)7-8-15(19-14)11-6-5-10(17)9-13(11)18/h5-9H,3-4H2,1-2H3. The molecular weight excluding hydrogens is 337 g/mol. The van der Waals surface area contributed by atoms with Gasteiger partial charge in [0.15, 0.2) is 0 Å². The van der Waals surface area contributed by atoms with Crippen LogP contribution in [0, 0.1) is 5.82 Å². The van der Waals surface area contributed by atoms with E-state index in [1.807, 2.05) is 6.92 Å². The summed E-state index contributed by atoms with van der Waals surface area (Å²) in [5.74, 6) is -0.757. The molecule has 1 aromatic heterocycles. The highest BCUT2D eigenvalue weighted by Crippen LogP contribution is 2.25. The molecule has 1 aromatic carbocycles. The van der Waals surface area contributed by atoms with Crippen LogP contribution in [0.25, 0.3) is 11.3 Å². The number of hydrogen-bond acceptors (Lipinski definition) is 3. The number of hydrogen-bond donors (Lipinski definition) is 0. The number of rotatable bonds is 4. The van der Waals surface area contributed by atoms with Gasteiger partial charge in [0, 0.05) is 10.0 Å². The van der Waals surface area contributed by atoms with Crippen molar-refractivity contribution in [2.75, 3.05) is 6.61 Å². The van der Waals surface area contributed by atoms with Crippen LogP contribution < -0.4 is 0 Å². The van der Waals surface area contributed by atoms with E-state index in [1.54, 1.807) is 31.2 Å². The van der Waals surface area contributed by atoms with Crippen molar-refractivity contribution in [1.82, 2.24) is 4.98 Å². The van der Waals surface area contributed by atoms with E-state index in [-0.39, 0.29) is 5.82 Å². The van der Waals surface area contributed by atoms with E-state index < -0.39 is 5.97 Å². The molecule has 0 bridgehead atoms. The summed E-state index contributed by atoms with van der Waals surface area (Å²) in [4.78, 5) is 16.2. The zero-order valence-corrected chi connectivity index (χ0v) is 13.4. The molecular formula is C16H15BrFNO2. The highest BCUT2D eigenvalue weighted by molar-refractivity contribution is 9.10. The predicted molar refractivity (Wildman–Crippen MR) is 82.7 cm³/mol. The van der Waals surface area contributed by atoms with Gasteiger partial charge in [0.05, 0.1) is 23.6 Å². The minimum absolute atomic E-state index is 0.311. The van der Waals surface area contributed by atoms with Crippen molar-refractivity contribution < 1.29 is 13.9 Å². The molecule has 110 valence electrons. The number of benzene rings is 1. The quantitative estimate of drug-likeness (QED) is 0.766. The molecule has 2 rings (SSSR count). The van der Waals surface area contributed by atoms with Gasteiger partial charge in [-0.1, -0.05) is 22.9 Å². The second-order valence-electron chi connectivity index (χ2n) is 4.39. The van der Waals surface area contributed by atoms with E-state index in [4.69, 9.17) is 4.74 Å². The Morgan fingerprint density at radius 2 is 2.05 bits per heavy atom. The van der Waals surface area contributed by atoms with Crippen molar-refractivity contribution in [3.63, 3.8) is 0 Å². The molecule has 0 N–H and O–H groups in total. The predicted octanol–water partition coefficient (Wildman–Crippen LogP) is 4.39. The summed E-state index contributed by atoms with van der Waals surface area (Å²) in [7, 11) is 0. The molecule has 0 fully saturated rings. The zero-order valence-electron chi connectivity index (χ0n) is 11.8. The number of carbonyl (C=O) groups is 1. The first kappa shape index (κ1) is 15.6. The van der Waals surface area contributed by atoms with Crippen molar-refractivity contribution in [2.24, 2.45) is 0 Å². The maximum absolute atomic E-state index is 14.0. The number of ether oxygens (including phenoxy) is 1. The molecule has 21 heavy (non-hydrogen) atoms. The number of aromatic nitrogens is 1. The van der Waals surface area contributed by atoms with E-state index in [2.05, 4.69) is 20.9 Å². The van der Waals surface area contributed by atoms with Gasteiger partial charge in [0.1, 0.15) is 5.82 Å². The molecule has 3 nitrogen and oxygen atoms in total. The fraction of sp³-hybridized carbons (Fsp3) is 0.250. The molecule has 0 amide bonds. The summed E-state index contributed by atoms with van der Waals surface area (Å²) in [6, 6.07) is 8.08. The summed E-state index contributed by atoms with van der Waals surface area (Å²) in [6.45, 7) is 3.96. The number of aryl methyl sites for hydroxylation is 1. The maximum Gasteiger partial charge on any atom is 0.339 e. The molecule has 0 saturated carbocycles. The van der Waals surface area contributed by atoms with E-state index in [0.717, 1.165) is 0 Å². The van der Waals surface area contributed by atoms with Crippen molar-refractivity contribution in [3.05, 3.63) is 51.9 Å². The van der Waals surface area contributed by atoms with Crippen LogP contribution in [0.1, 0.15) is 29.9 Å². The Hall–Kier alpha value is -1.75. The lowest BCUT2D eigenvalue weighted by atomic mass is 10.1. The number of halogens is 2. The van der Waals surface area contributed by atoms with Gasteiger partial charge in [0.25, 0.3) is 0 Å². The van der Waals surface area contributed by atoms with Gasteiger partial charge in [-0.25, -0.2) is 9.18 Å². The van der Waals surface area contributed by atoms with Gasteiger partial charge in [0.2, 0.25) is 0 Å². The lowest BCUT2D eigenvalue weighted by molar-refractivity contribution is 0.0524. The number of esters is 1. The first-order valence-electron chi connectivity index (χ1n) is 6.69. The van der Waals surface area contributed by atoms with E-state index in [1.165, 1.54) is 6.07 Å². The van der Waals surface area contributed by atoms with Crippen molar-refractivity contribution in [2.45, 2.75) is 20.3 Å². The van der Waals surface area contributed by atoms with Crippen LogP contribution in [0.5, 0.6) is 0 Å². The summed E-state index contributed by atoms with van der Waals surface area (Å²) in [5.41, 5.74) is 1.95. The Kier molecular flexibility index (Phi) is 5.07. The maximum atomic E-state index is 14.0. The number of nitrogens with zero attached hydrogens (tertiary/aromatic N) is 1. The van der Waals surface area contributed by atoms with Gasteiger partial charge in [-0.3, -0.25) is 4.98 Å². The van der Waals surface area contributed by atoms with Crippen LogP contribution in [0.15, 0.2) is 34.8 Å². The first-order chi connectivity index (χ1) is 10.1. The summed E-state index contributed by atoms with van der Waals surface area (Å²) < 4.78 is 19.7. The normalized spacial score (nSPS) is 10.5. The molecule has 0 aliphatic rings. The topological polar surface area (TPSA) is 39.2 Å². The lowest BCUT2D eigenvalue weighted by Crippen LogP contribution is -2.09. The minimum Gasteiger partial charge on any atom is -0.462 e.